The summed E-state index contributed by atoms with van der Waals surface area (Å²) in [5.41, 5.74) is 3.48. The lowest BCUT2D eigenvalue weighted by atomic mass is 10.2. The Bertz CT molecular complexity index is 641. The van der Waals surface area contributed by atoms with Gasteiger partial charge in [0.1, 0.15) is 0 Å². The van der Waals surface area contributed by atoms with Crippen LogP contribution in [0.3, 0.4) is 0 Å². The molecule has 2 nitrogen and oxygen atoms in total. The smallest absolute Gasteiger partial charge is 0.0632 e. The van der Waals surface area contributed by atoms with Crippen LogP contribution >= 0.6 is 0 Å². The fourth-order valence-corrected chi connectivity index (χ4v) is 2.61. The minimum Gasteiger partial charge on any atom is -0.281 e. The minimum atomic E-state index is 0.883. The lowest BCUT2D eigenvalue weighted by Gasteiger charge is -2.37. The number of para-hydroxylation sites is 3. The molecule has 110 valence electrons. The van der Waals surface area contributed by atoms with Gasteiger partial charge in [-0.15, -0.1) is 0 Å². The third kappa shape index (κ3) is 2.96. The van der Waals surface area contributed by atoms with Crippen LogP contribution < -0.4 is 10.0 Å². The summed E-state index contributed by atoms with van der Waals surface area (Å²) in [5, 5.41) is 4.54. The van der Waals surface area contributed by atoms with E-state index >= 15 is 0 Å². The fourth-order valence-electron chi connectivity index (χ4n) is 2.61. The van der Waals surface area contributed by atoms with Gasteiger partial charge >= 0.3 is 0 Å². The number of nitrogens with zero attached hydrogens (tertiary/aromatic N) is 2. The molecule has 0 spiro atoms. The van der Waals surface area contributed by atoms with Crippen molar-refractivity contribution in [3.05, 3.63) is 91.0 Å². The van der Waals surface area contributed by atoms with Gasteiger partial charge in [0.2, 0.25) is 0 Å². The molecule has 0 bridgehead atoms. The molecule has 0 amide bonds. The van der Waals surface area contributed by atoms with Gasteiger partial charge < -0.3 is 0 Å². The van der Waals surface area contributed by atoms with Gasteiger partial charge in [-0.05, 0) is 43.3 Å². The fraction of sp³-hybridized carbons (Fsp3) is 0.100. The van der Waals surface area contributed by atoms with Crippen molar-refractivity contribution in [2.75, 3.05) is 16.6 Å². The first-order chi connectivity index (χ1) is 10.9. The third-order valence-corrected chi connectivity index (χ3v) is 3.60. The molecular formula is C20H20N2. The van der Waals surface area contributed by atoms with Gasteiger partial charge in [0.25, 0.3) is 0 Å². The summed E-state index contributed by atoms with van der Waals surface area (Å²) < 4.78 is 0. The van der Waals surface area contributed by atoms with Gasteiger partial charge in [0, 0.05) is 6.54 Å². The van der Waals surface area contributed by atoms with Crippen molar-refractivity contribution in [1.29, 1.82) is 0 Å². The first kappa shape index (κ1) is 14.2. The lowest BCUT2D eigenvalue weighted by molar-refractivity contribution is 0.845. The van der Waals surface area contributed by atoms with Crippen LogP contribution in [0.1, 0.15) is 6.92 Å². The standard InChI is InChI=1S/C20H20N2/c1-2-21(18-12-6-3-7-13-18)22(19-14-8-4-9-15-19)20-16-10-5-11-17-20/h3-17H,2H2,1H3. The maximum atomic E-state index is 2.28. The predicted molar refractivity (Wildman–Crippen MR) is 94.5 cm³/mol. The Hall–Kier alpha value is -2.74. The molecule has 0 heterocycles. The molecule has 0 N–H and O–H groups in total. The van der Waals surface area contributed by atoms with E-state index in [1.54, 1.807) is 0 Å². The molecule has 0 aliphatic rings. The Morgan fingerprint density at radius 1 is 0.545 bits per heavy atom. The normalized spacial score (nSPS) is 10.2. The Kier molecular flexibility index (Phi) is 4.40. The van der Waals surface area contributed by atoms with Crippen LogP contribution in [-0.2, 0) is 0 Å². The molecule has 0 radical (unpaired) electrons. The van der Waals surface area contributed by atoms with Crippen molar-refractivity contribution < 1.29 is 0 Å². The average molecular weight is 288 g/mol. The number of rotatable bonds is 5. The van der Waals surface area contributed by atoms with Gasteiger partial charge in [-0.25, -0.2) is 0 Å². The zero-order valence-electron chi connectivity index (χ0n) is 12.8. The van der Waals surface area contributed by atoms with Gasteiger partial charge in [0.15, 0.2) is 0 Å². The summed E-state index contributed by atoms with van der Waals surface area (Å²) in [6, 6.07) is 31.4. The number of hydrogen-bond donors (Lipinski definition) is 0. The zero-order chi connectivity index (χ0) is 15.2. The van der Waals surface area contributed by atoms with Crippen LogP contribution in [0.15, 0.2) is 91.0 Å². The first-order valence-electron chi connectivity index (χ1n) is 7.63. The third-order valence-electron chi connectivity index (χ3n) is 3.60. The quantitative estimate of drug-likeness (QED) is 0.590. The van der Waals surface area contributed by atoms with Crippen molar-refractivity contribution >= 4 is 17.1 Å². The largest absolute Gasteiger partial charge is 0.281 e. The van der Waals surface area contributed by atoms with E-state index in [4.69, 9.17) is 0 Å². The van der Waals surface area contributed by atoms with Crippen LogP contribution in [0.25, 0.3) is 0 Å². The van der Waals surface area contributed by atoms with Gasteiger partial charge in [0.05, 0.1) is 17.1 Å². The summed E-state index contributed by atoms with van der Waals surface area (Å²) in [6.45, 7) is 3.06. The van der Waals surface area contributed by atoms with E-state index in [1.165, 1.54) is 5.69 Å². The highest BCUT2D eigenvalue weighted by Gasteiger charge is 2.17. The van der Waals surface area contributed by atoms with E-state index in [0.29, 0.717) is 0 Å². The molecule has 3 rings (SSSR count). The molecule has 0 aliphatic heterocycles. The molecule has 3 aromatic carbocycles. The van der Waals surface area contributed by atoms with E-state index in [1.807, 2.05) is 18.2 Å². The van der Waals surface area contributed by atoms with E-state index < -0.39 is 0 Å². The number of anilines is 3. The molecular weight excluding hydrogens is 268 g/mol. The van der Waals surface area contributed by atoms with Crippen LogP contribution in [0, 0.1) is 0 Å². The lowest BCUT2D eigenvalue weighted by Crippen LogP contribution is -2.39. The zero-order valence-corrected chi connectivity index (χ0v) is 12.8. The summed E-state index contributed by atoms with van der Waals surface area (Å²) in [4.78, 5) is 0. The number of benzene rings is 3. The molecule has 0 unspecified atom stereocenters. The van der Waals surface area contributed by atoms with E-state index in [0.717, 1.165) is 17.9 Å². The second-order valence-corrected chi connectivity index (χ2v) is 5.03. The average Bonchev–Trinajstić information content (AvgIpc) is 2.62. The predicted octanol–water partition coefficient (Wildman–Crippen LogP) is 5.27. The molecule has 0 aromatic heterocycles. The highest BCUT2D eigenvalue weighted by Crippen LogP contribution is 2.30. The van der Waals surface area contributed by atoms with Crippen LogP contribution in [0.5, 0.6) is 0 Å². The molecule has 0 aliphatic carbocycles. The van der Waals surface area contributed by atoms with Gasteiger partial charge in [-0.2, -0.15) is 0 Å². The highest BCUT2D eigenvalue weighted by atomic mass is 15.6. The van der Waals surface area contributed by atoms with E-state index in [-0.39, 0.29) is 0 Å². The van der Waals surface area contributed by atoms with Crippen molar-refractivity contribution in [3.8, 4) is 0 Å². The maximum Gasteiger partial charge on any atom is 0.0632 e. The second-order valence-electron chi connectivity index (χ2n) is 5.03. The monoisotopic (exact) mass is 288 g/mol. The molecule has 22 heavy (non-hydrogen) atoms. The Morgan fingerprint density at radius 3 is 1.27 bits per heavy atom. The van der Waals surface area contributed by atoms with Crippen LogP contribution in [0.4, 0.5) is 17.1 Å². The van der Waals surface area contributed by atoms with Crippen molar-refractivity contribution in [3.63, 3.8) is 0 Å². The topological polar surface area (TPSA) is 6.48 Å². The Morgan fingerprint density at radius 2 is 0.909 bits per heavy atom. The molecule has 3 aromatic rings. The van der Waals surface area contributed by atoms with Crippen molar-refractivity contribution in [2.45, 2.75) is 6.92 Å². The van der Waals surface area contributed by atoms with Gasteiger partial charge in [-0.3, -0.25) is 10.0 Å². The van der Waals surface area contributed by atoms with E-state index in [2.05, 4.69) is 89.7 Å². The number of hydrogen-bond acceptors (Lipinski definition) is 2. The van der Waals surface area contributed by atoms with Crippen molar-refractivity contribution in [1.82, 2.24) is 0 Å². The molecule has 2 heteroatoms. The number of hydrazine groups is 1. The molecule has 0 saturated carbocycles. The molecule has 0 fully saturated rings. The van der Waals surface area contributed by atoms with E-state index in [9.17, 15) is 0 Å². The summed E-state index contributed by atoms with van der Waals surface area (Å²) in [5.74, 6) is 0. The second kappa shape index (κ2) is 6.81. The SMILES string of the molecule is CCN(c1ccccc1)N(c1ccccc1)c1ccccc1. The van der Waals surface area contributed by atoms with Crippen LogP contribution in [-0.4, -0.2) is 6.54 Å². The highest BCUT2D eigenvalue weighted by molar-refractivity contribution is 5.69. The molecule has 0 saturated heterocycles. The first-order valence-corrected chi connectivity index (χ1v) is 7.63. The summed E-state index contributed by atoms with van der Waals surface area (Å²) in [6.07, 6.45) is 0. The summed E-state index contributed by atoms with van der Waals surface area (Å²) in [7, 11) is 0. The Balaban J connectivity index is 2.09. The van der Waals surface area contributed by atoms with Gasteiger partial charge in [-0.1, -0.05) is 54.6 Å². The minimum absolute atomic E-state index is 0.883. The van der Waals surface area contributed by atoms with Crippen LogP contribution in [0.2, 0.25) is 0 Å². The maximum absolute atomic E-state index is 2.28. The van der Waals surface area contributed by atoms with Crippen molar-refractivity contribution in [2.24, 2.45) is 0 Å². The Labute approximate surface area is 132 Å². The summed E-state index contributed by atoms with van der Waals surface area (Å²) >= 11 is 0. The molecule has 0 atom stereocenters.